The molecule has 0 saturated heterocycles. The van der Waals surface area contributed by atoms with E-state index in [9.17, 15) is 14.7 Å². The molecule has 1 aliphatic carbocycles. The molecular weight excluding hydrogens is 430 g/mol. The van der Waals surface area contributed by atoms with E-state index in [1.54, 1.807) is 19.1 Å². The van der Waals surface area contributed by atoms with Crippen LogP contribution in [0.4, 0.5) is 0 Å². The monoisotopic (exact) mass is 461 g/mol. The number of carbonyl (C=O) groups is 2. The number of hydrogen-bond donors (Lipinski definition) is 1. The first-order valence-electron chi connectivity index (χ1n) is 11.6. The molecule has 34 heavy (non-hydrogen) atoms. The first-order chi connectivity index (χ1) is 16.2. The summed E-state index contributed by atoms with van der Waals surface area (Å²) >= 11 is 0. The first-order valence-corrected chi connectivity index (χ1v) is 11.6. The second kappa shape index (κ2) is 9.45. The highest BCUT2D eigenvalue weighted by Crippen LogP contribution is 2.48. The number of Topliss-reactive ketones (excluding diaryl/α,β-unsaturated/α-hetero) is 1. The molecule has 2 aromatic rings. The van der Waals surface area contributed by atoms with Crippen LogP contribution in [0.5, 0.6) is 11.5 Å². The van der Waals surface area contributed by atoms with Crippen molar-refractivity contribution in [1.29, 1.82) is 0 Å². The number of rotatable bonds is 6. The molecule has 2 unspecified atom stereocenters. The van der Waals surface area contributed by atoms with E-state index >= 15 is 0 Å². The summed E-state index contributed by atoms with van der Waals surface area (Å²) in [5, 5.41) is 10.1. The summed E-state index contributed by atoms with van der Waals surface area (Å²) in [7, 11) is 1.47. The van der Waals surface area contributed by atoms with Gasteiger partial charge in [0.1, 0.15) is 5.78 Å². The molecule has 2 aliphatic rings. The Morgan fingerprint density at radius 2 is 1.85 bits per heavy atom. The van der Waals surface area contributed by atoms with Crippen LogP contribution in [0.1, 0.15) is 50.7 Å². The number of benzene rings is 2. The minimum atomic E-state index is -0.546. The van der Waals surface area contributed by atoms with E-state index in [-0.39, 0.29) is 23.6 Å². The zero-order chi connectivity index (χ0) is 24.5. The summed E-state index contributed by atoms with van der Waals surface area (Å²) < 4.78 is 11.0. The number of nitrogens with zero attached hydrogens (tertiary/aromatic N) is 1. The van der Waals surface area contributed by atoms with Crippen LogP contribution in [0.2, 0.25) is 0 Å². The van der Waals surface area contributed by atoms with Crippen LogP contribution in [0.25, 0.3) is 0 Å². The largest absolute Gasteiger partial charge is 0.504 e. The number of esters is 1. The van der Waals surface area contributed by atoms with Crippen LogP contribution >= 0.6 is 0 Å². The molecule has 0 radical (unpaired) electrons. The van der Waals surface area contributed by atoms with Gasteiger partial charge < -0.3 is 14.6 Å². The number of ether oxygens (including phenoxy) is 2. The average Bonchev–Trinajstić information content (AvgIpc) is 2.78. The fraction of sp³-hybridized carbons (Fsp3) is 0.393. The van der Waals surface area contributed by atoms with Crippen molar-refractivity contribution >= 4 is 17.5 Å². The summed E-state index contributed by atoms with van der Waals surface area (Å²) in [5.74, 6) is -1.20. The normalized spacial score (nSPS) is 21.5. The number of phenols is 1. The van der Waals surface area contributed by atoms with Gasteiger partial charge in [-0.05, 0) is 42.0 Å². The molecule has 4 rings (SSSR count). The van der Waals surface area contributed by atoms with Gasteiger partial charge in [0.05, 0.1) is 25.2 Å². The Morgan fingerprint density at radius 3 is 2.56 bits per heavy atom. The zero-order valence-corrected chi connectivity index (χ0v) is 20.1. The number of aromatic hydroxyl groups is 1. The highest BCUT2D eigenvalue weighted by molar-refractivity contribution is 6.12. The van der Waals surface area contributed by atoms with Crippen molar-refractivity contribution in [2.45, 2.75) is 46.0 Å². The Morgan fingerprint density at radius 1 is 1.12 bits per heavy atom. The Bertz CT molecular complexity index is 1160. The minimum absolute atomic E-state index is 0.000238. The molecule has 1 N–H and O–H groups in total. The highest BCUT2D eigenvalue weighted by atomic mass is 16.5. The zero-order valence-electron chi connectivity index (χ0n) is 20.1. The van der Waals surface area contributed by atoms with Crippen LogP contribution in [0.15, 0.2) is 64.8 Å². The van der Waals surface area contributed by atoms with Gasteiger partial charge in [-0.15, -0.1) is 0 Å². The molecule has 0 spiro atoms. The number of allylic oxidation sites excluding steroid dienone is 1. The van der Waals surface area contributed by atoms with Crippen molar-refractivity contribution in [1.82, 2.24) is 0 Å². The van der Waals surface area contributed by atoms with Crippen LogP contribution in [0, 0.1) is 11.3 Å². The van der Waals surface area contributed by atoms with E-state index in [2.05, 4.69) is 13.8 Å². The standard InChI is InChI=1S/C28H31NO5/c1-17-24(27(32)34-13-12-18-8-6-5-7-9-18)25(19-10-11-21(30)23(14-19)33-4)26-20(29-17)15-28(2,3)16-22(26)31/h5-11,14,25-26,30H,12-13,15-16H2,1-4H3. The lowest BCUT2D eigenvalue weighted by Crippen LogP contribution is -2.44. The Kier molecular flexibility index (Phi) is 6.60. The molecule has 0 bridgehead atoms. The van der Waals surface area contributed by atoms with Crippen LogP contribution in [-0.4, -0.2) is 36.3 Å². The molecule has 1 heterocycles. The van der Waals surface area contributed by atoms with Gasteiger partial charge >= 0.3 is 5.97 Å². The van der Waals surface area contributed by atoms with Gasteiger partial charge in [0.25, 0.3) is 0 Å². The first kappa shape index (κ1) is 23.7. The number of aliphatic imine (C=N–C) groups is 1. The van der Waals surface area contributed by atoms with Gasteiger partial charge in [0.2, 0.25) is 0 Å². The van der Waals surface area contributed by atoms with Crippen LogP contribution in [-0.2, 0) is 20.7 Å². The van der Waals surface area contributed by atoms with E-state index in [0.717, 1.165) is 16.8 Å². The lowest BCUT2D eigenvalue weighted by molar-refractivity contribution is -0.139. The lowest BCUT2D eigenvalue weighted by atomic mass is 9.63. The molecule has 1 aliphatic heterocycles. The van der Waals surface area contributed by atoms with E-state index in [4.69, 9.17) is 14.5 Å². The SMILES string of the molecule is COc1cc(C2C(C(=O)OCCc3ccccc3)=C(C)N=C3CC(C)(C)CC(=O)C32)ccc1O. The maximum atomic E-state index is 13.4. The second-order valence-corrected chi connectivity index (χ2v) is 9.84. The molecule has 2 atom stereocenters. The number of methoxy groups -OCH3 is 1. The van der Waals surface area contributed by atoms with E-state index < -0.39 is 17.8 Å². The Hall–Kier alpha value is -3.41. The predicted molar refractivity (Wildman–Crippen MR) is 130 cm³/mol. The maximum absolute atomic E-state index is 13.4. The second-order valence-electron chi connectivity index (χ2n) is 9.84. The number of carbonyl (C=O) groups excluding carboxylic acids is 2. The van der Waals surface area contributed by atoms with Gasteiger partial charge in [0, 0.05) is 30.2 Å². The molecule has 1 saturated carbocycles. The molecule has 1 fully saturated rings. The summed E-state index contributed by atoms with van der Waals surface area (Å²) in [6, 6.07) is 14.8. The Balaban J connectivity index is 1.71. The lowest BCUT2D eigenvalue weighted by Gasteiger charge is -2.41. The van der Waals surface area contributed by atoms with Crippen molar-refractivity contribution in [3.05, 3.63) is 70.9 Å². The van der Waals surface area contributed by atoms with Gasteiger partial charge in [-0.25, -0.2) is 4.79 Å². The van der Waals surface area contributed by atoms with Crippen LogP contribution in [0.3, 0.4) is 0 Å². The van der Waals surface area contributed by atoms with Crippen molar-refractivity contribution in [2.24, 2.45) is 16.3 Å². The smallest absolute Gasteiger partial charge is 0.336 e. The highest BCUT2D eigenvalue weighted by Gasteiger charge is 2.47. The third-order valence-corrected chi connectivity index (χ3v) is 6.61. The molecule has 0 aromatic heterocycles. The van der Waals surface area contributed by atoms with Crippen molar-refractivity contribution in [3.8, 4) is 11.5 Å². The molecule has 2 aromatic carbocycles. The Labute approximate surface area is 200 Å². The third kappa shape index (κ3) is 4.76. The van der Waals surface area contributed by atoms with Gasteiger partial charge in [-0.3, -0.25) is 9.79 Å². The van der Waals surface area contributed by atoms with E-state index in [1.165, 1.54) is 13.2 Å². The number of fused-ring (bicyclic) bond motifs is 1. The van der Waals surface area contributed by atoms with Gasteiger partial charge in [-0.2, -0.15) is 0 Å². The van der Waals surface area contributed by atoms with Gasteiger partial charge in [0.15, 0.2) is 11.5 Å². The molecule has 178 valence electrons. The number of hydrogen-bond acceptors (Lipinski definition) is 6. The number of phenolic OH excluding ortho intramolecular Hbond substituents is 1. The van der Waals surface area contributed by atoms with Crippen molar-refractivity contribution in [3.63, 3.8) is 0 Å². The molecule has 6 nitrogen and oxygen atoms in total. The van der Waals surface area contributed by atoms with Crippen molar-refractivity contribution < 1.29 is 24.2 Å². The minimum Gasteiger partial charge on any atom is -0.504 e. The maximum Gasteiger partial charge on any atom is 0.336 e. The fourth-order valence-corrected chi connectivity index (χ4v) is 5.09. The average molecular weight is 462 g/mol. The van der Waals surface area contributed by atoms with Crippen LogP contribution < -0.4 is 4.74 Å². The van der Waals surface area contributed by atoms with Crippen molar-refractivity contribution in [2.75, 3.05) is 13.7 Å². The molecule has 0 amide bonds. The molecule has 6 heteroatoms. The summed E-state index contributed by atoms with van der Waals surface area (Å²) in [4.78, 5) is 31.5. The summed E-state index contributed by atoms with van der Waals surface area (Å²) in [6.07, 6.45) is 1.70. The molecular formula is C28H31NO5. The summed E-state index contributed by atoms with van der Waals surface area (Å²) in [6.45, 7) is 6.16. The fourth-order valence-electron chi connectivity index (χ4n) is 5.09. The predicted octanol–water partition coefficient (Wildman–Crippen LogP) is 5.00. The topological polar surface area (TPSA) is 85.2 Å². The third-order valence-electron chi connectivity index (χ3n) is 6.61. The quantitative estimate of drug-likeness (QED) is 0.612. The van der Waals surface area contributed by atoms with E-state index in [1.807, 2.05) is 30.3 Å². The van der Waals surface area contributed by atoms with E-state index in [0.29, 0.717) is 36.3 Å². The summed E-state index contributed by atoms with van der Waals surface area (Å²) in [5.41, 5.74) is 3.37. The number of ketones is 1. The van der Waals surface area contributed by atoms with Gasteiger partial charge in [-0.1, -0.05) is 50.2 Å².